The van der Waals surface area contributed by atoms with Gasteiger partial charge in [-0.2, -0.15) is 16.4 Å². The minimum absolute atomic E-state index is 0.247. The minimum atomic E-state index is -0.247. The molecule has 3 nitrogen and oxygen atoms in total. The number of aromatic nitrogens is 3. The summed E-state index contributed by atoms with van der Waals surface area (Å²) in [5.41, 5.74) is 5.48. The molecule has 5 heteroatoms. The van der Waals surface area contributed by atoms with Gasteiger partial charge in [-0.15, -0.1) is 0 Å². The fourth-order valence-electron chi connectivity index (χ4n) is 2.47. The highest BCUT2D eigenvalue weighted by molar-refractivity contribution is 7.08. The highest BCUT2D eigenvalue weighted by Gasteiger charge is 2.11. The molecule has 0 bridgehead atoms. The second-order valence-electron chi connectivity index (χ2n) is 5.10. The van der Waals surface area contributed by atoms with Crippen LogP contribution in [0.4, 0.5) is 4.39 Å². The zero-order valence-electron chi connectivity index (χ0n) is 11.8. The average molecular weight is 309 g/mol. The molecule has 0 atom stereocenters. The van der Waals surface area contributed by atoms with E-state index in [-0.39, 0.29) is 5.82 Å². The van der Waals surface area contributed by atoms with Gasteiger partial charge in [0.15, 0.2) is 5.65 Å². The van der Waals surface area contributed by atoms with E-state index in [1.165, 1.54) is 12.1 Å². The van der Waals surface area contributed by atoms with E-state index >= 15 is 0 Å². The zero-order valence-corrected chi connectivity index (χ0v) is 12.6. The number of fused-ring (bicyclic) bond motifs is 1. The van der Waals surface area contributed by atoms with Crippen molar-refractivity contribution in [1.29, 1.82) is 0 Å². The summed E-state index contributed by atoms with van der Waals surface area (Å²) in [6, 6.07) is 12.4. The summed E-state index contributed by atoms with van der Waals surface area (Å²) in [5.74, 6) is -0.247. The van der Waals surface area contributed by atoms with Crippen LogP contribution in [0.2, 0.25) is 0 Å². The third kappa shape index (κ3) is 2.19. The number of nitrogens with zero attached hydrogens (tertiary/aromatic N) is 3. The highest BCUT2D eigenvalue weighted by atomic mass is 32.1. The van der Waals surface area contributed by atoms with Gasteiger partial charge in [0.05, 0.1) is 17.1 Å². The molecule has 0 saturated heterocycles. The van der Waals surface area contributed by atoms with Crippen LogP contribution in [0, 0.1) is 12.7 Å². The van der Waals surface area contributed by atoms with E-state index in [0.29, 0.717) is 0 Å². The molecule has 1 aromatic carbocycles. The first kappa shape index (κ1) is 13.2. The van der Waals surface area contributed by atoms with Gasteiger partial charge >= 0.3 is 0 Å². The lowest BCUT2D eigenvalue weighted by atomic mass is 10.1. The molecule has 0 amide bonds. The van der Waals surface area contributed by atoms with Crippen LogP contribution >= 0.6 is 11.3 Å². The molecule has 0 unspecified atom stereocenters. The molecule has 0 radical (unpaired) electrons. The lowest BCUT2D eigenvalue weighted by Gasteiger charge is -2.07. The van der Waals surface area contributed by atoms with Gasteiger partial charge in [0.25, 0.3) is 0 Å². The number of hydrogen-bond acceptors (Lipinski definition) is 3. The second-order valence-corrected chi connectivity index (χ2v) is 5.88. The van der Waals surface area contributed by atoms with Crippen molar-refractivity contribution in [2.24, 2.45) is 0 Å². The zero-order chi connectivity index (χ0) is 15.1. The predicted molar refractivity (Wildman–Crippen MR) is 86.4 cm³/mol. The summed E-state index contributed by atoms with van der Waals surface area (Å²) in [6.07, 6.45) is 0. The first-order chi connectivity index (χ1) is 10.7. The summed E-state index contributed by atoms with van der Waals surface area (Å²) in [4.78, 5) is 4.68. The summed E-state index contributed by atoms with van der Waals surface area (Å²) < 4.78 is 15.0. The van der Waals surface area contributed by atoms with E-state index in [2.05, 4.69) is 15.5 Å². The third-order valence-corrected chi connectivity index (χ3v) is 4.19. The number of aryl methyl sites for hydroxylation is 1. The molecule has 4 aromatic rings. The van der Waals surface area contributed by atoms with Gasteiger partial charge in [-0.25, -0.2) is 13.9 Å². The standard InChI is InChI=1S/C17H12FN3S/c1-11-8-17-19-15(13-6-7-22-10-13)9-16(21(17)20-11)12-2-4-14(18)5-3-12/h2-10H,1H3. The fraction of sp³-hybridized carbons (Fsp3) is 0.0588. The first-order valence-electron chi connectivity index (χ1n) is 6.87. The summed E-state index contributed by atoms with van der Waals surface area (Å²) in [5, 5.41) is 8.59. The van der Waals surface area contributed by atoms with Crippen LogP contribution in [-0.2, 0) is 0 Å². The van der Waals surface area contributed by atoms with Crippen LogP contribution in [0.3, 0.4) is 0 Å². The maximum absolute atomic E-state index is 13.2. The van der Waals surface area contributed by atoms with Gasteiger partial charge < -0.3 is 0 Å². The normalized spacial score (nSPS) is 11.2. The largest absolute Gasteiger partial charge is 0.228 e. The van der Waals surface area contributed by atoms with E-state index in [1.54, 1.807) is 28.0 Å². The Balaban J connectivity index is 2.00. The van der Waals surface area contributed by atoms with E-state index < -0.39 is 0 Å². The third-order valence-electron chi connectivity index (χ3n) is 3.51. The van der Waals surface area contributed by atoms with Crippen molar-refractivity contribution in [3.63, 3.8) is 0 Å². The van der Waals surface area contributed by atoms with Gasteiger partial charge in [-0.3, -0.25) is 0 Å². The van der Waals surface area contributed by atoms with Crippen molar-refractivity contribution in [2.45, 2.75) is 6.92 Å². The average Bonchev–Trinajstić information content (AvgIpc) is 3.15. The van der Waals surface area contributed by atoms with Crippen molar-refractivity contribution in [2.75, 3.05) is 0 Å². The van der Waals surface area contributed by atoms with Crippen LogP contribution < -0.4 is 0 Å². The first-order valence-corrected chi connectivity index (χ1v) is 7.81. The van der Waals surface area contributed by atoms with Gasteiger partial charge in [0.2, 0.25) is 0 Å². The van der Waals surface area contributed by atoms with Gasteiger partial charge in [-0.1, -0.05) is 0 Å². The molecule has 0 N–H and O–H groups in total. The Morgan fingerprint density at radius 1 is 1.05 bits per heavy atom. The Bertz CT molecular complexity index is 940. The molecule has 108 valence electrons. The van der Waals surface area contributed by atoms with Gasteiger partial charge in [0, 0.05) is 22.6 Å². The van der Waals surface area contributed by atoms with Gasteiger partial charge in [0.1, 0.15) is 5.82 Å². The number of thiophene rings is 1. The molecule has 3 aromatic heterocycles. The Morgan fingerprint density at radius 3 is 2.59 bits per heavy atom. The number of hydrogen-bond donors (Lipinski definition) is 0. The topological polar surface area (TPSA) is 30.2 Å². The molecule has 22 heavy (non-hydrogen) atoms. The summed E-state index contributed by atoms with van der Waals surface area (Å²) in [6.45, 7) is 1.94. The molecule has 0 saturated carbocycles. The Hall–Kier alpha value is -2.53. The molecule has 3 heterocycles. The van der Waals surface area contributed by atoms with Crippen LogP contribution in [-0.4, -0.2) is 14.6 Å². The molecule has 0 aliphatic heterocycles. The Morgan fingerprint density at radius 2 is 1.86 bits per heavy atom. The molecule has 0 spiro atoms. The lowest BCUT2D eigenvalue weighted by molar-refractivity contribution is 0.628. The lowest BCUT2D eigenvalue weighted by Crippen LogP contribution is -1.98. The van der Waals surface area contributed by atoms with Crippen LogP contribution in [0.25, 0.3) is 28.2 Å². The van der Waals surface area contributed by atoms with Crippen molar-refractivity contribution >= 4 is 17.0 Å². The monoisotopic (exact) mass is 309 g/mol. The Labute approximate surface area is 130 Å². The highest BCUT2D eigenvalue weighted by Crippen LogP contribution is 2.27. The molecule has 0 fully saturated rings. The maximum atomic E-state index is 13.2. The minimum Gasteiger partial charge on any atom is -0.228 e. The fourth-order valence-corrected chi connectivity index (χ4v) is 3.12. The predicted octanol–water partition coefficient (Wildman–Crippen LogP) is 4.57. The van der Waals surface area contributed by atoms with E-state index in [1.807, 2.05) is 30.5 Å². The maximum Gasteiger partial charge on any atom is 0.156 e. The SMILES string of the molecule is Cc1cc2nc(-c3ccsc3)cc(-c3ccc(F)cc3)n2n1. The summed E-state index contributed by atoms with van der Waals surface area (Å²) >= 11 is 1.64. The molecular weight excluding hydrogens is 297 g/mol. The van der Waals surface area contributed by atoms with Gasteiger partial charge in [-0.05, 0) is 48.7 Å². The van der Waals surface area contributed by atoms with Crippen molar-refractivity contribution < 1.29 is 4.39 Å². The van der Waals surface area contributed by atoms with Crippen LogP contribution in [0.15, 0.2) is 53.2 Å². The number of halogens is 1. The molecular formula is C17H12FN3S. The smallest absolute Gasteiger partial charge is 0.156 e. The van der Waals surface area contributed by atoms with Crippen LogP contribution in [0.1, 0.15) is 5.69 Å². The quantitative estimate of drug-likeness (QED) is 0.543. The van der Waals surface area contributed by atoms with E-state index in [0.717, 1.165) is 33.9 Å². The molecule has 4 rings (SSSR count). The van der Waals surface area contributed by atoms with Crippen molar-refractivity contribution in [1.82, 2.24) is 14.6 Å². The van der Waals surface area contributed by atoms with Crippen molar-refractivity contribution in [3.8, 4) is 22.5 Å². The van der Waals surface area contributed by atoms with E-state index in [4.69, 9.17) is 0 Å². The van der Waals surface area contributed by atoms with Crippen LogP contribution in [0.5, 0.6) is 0 Å². The number of benzene rings is 1. The van der Waals surface area contributed by atoms with Crippen molar-refractivity contribution in [3.05, 3.63) is 64.7 Å². The second kappa shape index (κ2) is 5.03. The van der Waals surface area contributed by atoms with E-state index in [9.17, 15) is 4.39 Å². The number of rotatable bonds is 2. The Kier molecular flexibility index (Phi) is 3.01. The molecule has 0 aliphatic carbocycles. The summed E-state index contributed by atoms with van der Waals surface area (Å²) in [7, 11) is 0. The molecule has 0 aliphatic rings.